The number of hydrogen-bond acceptors (Lipinski definition) is 3. The molecule has 2 saturated heterocycles. The smallest absolute Gasteiger partial charge is 0.223 e. The lowest BCUT2D eigenvalue weighted by atomic mass is 9.91. The highest BCUT2D eigenvalue weighted by Gasteiger charge is 2.57. The Labute approximate surface area is 177 Å². The standard InChI is InChI=1S/C20H27F2N3O.2ClH/c21-17-2-1-14(11-18(17)22)13-25-9-3-15(4-10-25)24-19(26)16-12-20(16)5-7-23-8-6-20;;/h1-2,11,15-16,23H,3-10,12-13H2,(H,24,26);2*1H. The van der Waals surface area contributed by atoms with Gasteiger partial charge in [0, 0.05) is 31.6 Å². The summed E-state index contributed by atoms with van der Waals surface area (Å²) in [5.41, 5.74) is 1.07. The molecule has 1 unspecified atom stereocenters. The van der Waals surface area contributed by atoms with Crippen LogP contribution in [0.25, 0.3) is 0 Å². The Morgan fingerprint density at radius 1 is 1.14 bits per heavy atom. The summed E-state index contributed by atoms with van der Waals surface area (Å²) in [6.45, 7) is 4.42. The number of halogens is 4. The van der Waals surface area contributed by atoms with Crippen LogP contribution in [0.15, 0.2) is 18.2 Å². The summed E-state index contributed by atoms with van der Waals surface area (Å²) in [5, 5.41) is 6.63. The Balaban J connectivity index is 0.00000140. The van der Waals surface area contributed by atoms with Crippen LogP contribution in [-0.2, 0) is 11.3 Å². The van der Waals surface area contributed by atoms with Crippen molar-refractivity contribution >= 4 is 30.7 Å². The van der Waals surface area contributed by atoms with Crippen LogP contribution in [0.4, 0.5) is 8.78 Å². The van der Waals surface area contributed by atoms with Crippen molar-refractivity contribution in [3.05, 3.63) is 35.4 Å². The minimum Gasteiger partial charge on any atom is -0.353 e. The summed E-state index contributed by atoms with van der Waals surface area (Å²) in [4.78, 5) is 14.8. The average molecular weight is 436 g/mol. The molecule has 4 nitrogen and oxygen atoms in total. The molecule has 4 rings (SSSR count). The average Bonchev–Trinajstić information content (AvgIpc) is 3.33. The maximum Gasteiger partial charge on any atom is 0.223 e. The molecule has 2 N–H and O–H groups in total. The number of rotatable bonds is 4. The fraction of sp³-hybridized carbons (Fsp3) is 0.650. The minimum atomic E-state index is -0.804. The topological polar surface area (TPSA) is 44.4 Å². The lowest BCUT2D eigenvalue weighted by Gasteiger charge is -2.32. The number of likely N-dealkylation sites (tertiary alicyclic amines) is 1. The van der Waals surface area contributed by atoms with Crippen molar-refractivity contribution in [3.8, 4) is 0 Å². The zero-order chi connectivity index (χ0) is 18.1. The van der Waals surface area contributed by atoms with Crippen molar-refractivity contribution in [2.24, 2.45) is 11.3 Å². The van der Waals surface area contributed by atoms with E-state index in [0.717, 1.165) is 63.8 Å². The molecule has 0 radical (unpaired) electrons. The first kappa shape index (κ1) is 23.3. The molecule has 8 heteroatoms. The summed E-state index contributed by atoms with van der Waals surface area (Å²) >= 11 is 0. The predicted molar refractivity (Wildman–Crippen MR) is 110 cm³/mol. The third-order valence-electron chi connectivity index (χ3n) is 6.43. The molecular weight excluding hydrogens is 407 g/mol. The summed E-state index contributed by atoms with van der Waals surface area (Å²) < 4.78 is 26.3. The van der Waals surface area contributed by atoms with Gasteiger partial charge in [-0.25, -0.2) is 8.78 Å². The van der Waals surface area contributed by atoms with Crippen LogP contribution in [-0.4, -0.2) is 43.0 Å². The lowest BCUT2D eigenvalue weighted by molar-refractivity contribution is -0.124. The first-order valence-corrected chi connectivity index (χ1v) is 9.73. The third-order valence-corrected chi connectivity index (χ3v) is 6.43. The van der Waals surface area contributed by atoms with E-state index >= 15 is 0 Å². The Kier molecular flexibility index (Phi) is 8.08. The van der Waals surface area contributed by atoms with Crippen molar-refractivity contribution in [3.63, 3.8) is 0 Å². The number of nitrogens with zero attached hydrogens (tertiary/aromatic N) is 1. The normalized spacial score (nSPS) is 24.1. The van der Waals surface area contributed by atoms with Crippen LogP contribution >= 0.6 is 24.8 Å². The molecule has 1 atom stereocenters. The molecule has 1 aromatic carbocycles. The second-order valence-electron chi connectivity index (χ2n) is 8.18. The number of piperidine rings is 2. The van der Waals surface area contributed by atoms with Gasteiger partial charge in [-0.15, -0.1) is 24.8 Å². The zero-order valence-electron chi connectivity index (χ0n) is 15.9. The van der Waals surface area contributed by atoms with Gasteiger partial charge < -0.3 is 10.6 Å². The van der Waals surface area contributed by atoms with E-state index in [4.69, 9.17) is 0 Å². The first-order valence-electron chi connectivity index (χ1n) is 9.73. The van der Waals surface area contributed by atoms with Gasteiger partial charge in [-0.2, -0.15) is 0 Å². The van der Waals surface area contributed by atoms with Gasteiger partial charge in [0.15, 0.2) is 11.6 Å². The summed E-state index contributed by atoms with van der Waals surface area (Å²) in [6, 6.07) is 4.33. The minimum absolute atomic E-state index is 0. The molecule has 3 fully saturated rings. The highest BCUT2D eigenvalue weighted by molar-refractivity contribution is 5.85. The molecule has 3 aliphatic rings. The number of hydrogen-bond donors (Lipinski definition) is 2. The maximum absolute atomic E-state index is 13.3. The van der Waals surface area contributed by atoms with E-state index in [1.165, 1.54) is 12.1 Å². The van der Waals surface area contributed by atoms with E-state index in [1.54, 1.807) is 6.07 Å². The molecule has 1 aliphatic carbocycles. The first-order chi connectivity index (χ1) is 12.6. The maximum atomic E-state index is 13.3. The van der Waals surface area contributed by atoms with Gasteiger partial charge in [0.05, 0.1) is 0 Å². The van der Waals surface area contributed by atoms with Crippen molar-refractivity contribution in [1.82, 2.24) is 15.5 Å². The second kappa shape index (κ2) is 9.70. The van der Waals surface area contributed by atoms with Crippen molar-refractivity contribution in [2.45, 2.75) is 44.7 Å². The van der Waals surface area contributed by atoms with E-state index in [1.807, 2.05) is 0 Å². The molecule has 0 bridgehead atoms. The van der Waals surface area contributed by atoms with Crippen LogP contribution in [0.3, 0.4) is 0 Å². The van der Waals surface area contributed by atoms with Gasteiger partial charge in [-0.3, -0.25) is 9.69 Å². The molecule has 1 saturated carbocycles. The van der Waals surface area contributed by atoms with Gasteiger partial charge in [-0.1, -0.05) is 6.07 Å². The Morgan fingerprint density at radius 3 is 2.46 bits per heavy atom. The van der Waals surface area contributed by atoms with Crippen LogP contribution in [0.5, 0.6) is 0 Å². The number of benzene rings is 1. The highest BCUT2D eigenvalue weighted by atomic mass is 35.5. The van der Waals surface area contributed by atoms with Crippen molar-refractivity contribution in [2.75, 3.05) is 26.2 Å². The third kappa shape index (κ3) is 5.15. The molecular formula is C20H29Cl2F2N3O. The molecule has 2 aliphatic heterocycles. The zero-order valence-corrected chi connectivity index (χ0v) is 17.5. The molecule has 28 heavy (non-hydrogen) atoms. The van der Waals surface area contributed by atoms with E-state index in [0.29, 0.717) is 6.54 Å². The highest BCUT2D eigenvalue weighted by Crippen LogP contribution is 2.58. The van der Waals surface area contributed by atoms with Gasteiger partial charge in [0.2, 0.25) is 5.91 Å². The van der Waals surface area contributed by atoms with Crippen molar-refractivity contribution < 1.29 is 13.6 Å². The Hall–Kier alpha value is -0.950. The monoisotopic (exact) mass is 435 g/mol. The molecule has 2 heterocycles. The molecule has 1 amide bonds. The van der Waals surface area contributed by atoms with Gasteiger partial charge in [0.1, 0.15) is 0 Å². The molecule has 1 aromatic rings. The summed E-state index contributed by atoms with van der Waals surface area (Å²) in [5.74, 6) is -1.14. The van der Waals surface area contributed by atoms with E-state index in [-0.39, 0.29) is 48.1 Å². The fourth-order valence-electron chi connectivity index (χ4n) is 4.63. The fourth-order valence-corrected chi connectivity index (χ4v) is 4.63. The second-order valence-corrected chi connectivity index (χ2v) is 8.18. The van der Waals surface area contributed by atoms with Gasteiger partial charge in [-0.05, 0) is 68.3 Å². The van der Waals surface area contributed by atoms with Crippen LogP contribution in [0.2, 0.25) is 0 Å². The van der Waals surface area contributed by atoms with Crippen LogP contribution in [0, 0.1) is 23.0 Å². The number of amides is 1. The Morgan fingerprint density at radius 2 is 1.82 bits per heavy atom. The number of nitrogens with one attached hydrogen (secondary N) is 2. The van der Waals surface area contributed by atoms with E-state index in [2.05, 4.69) is 15.5 Å². The summed E-state index contributed by atoms with van der Waals surface area (Å²) in [7, 11) is 0. The van der Waals surface area contributed by atoms with Crippen molar-refractivity contribution in [1.29, 1.82) is 0 Å². The Bertz CT molecular complexity index is 677. The molecule has 158 valence electrons. The van der Waals surface area contributed by atoms with Gasteiger partial charge in [0.25, 0.3) is 0 Å². The summed E-state index contributed by atoms with van der Waals surface area (Å²) in [6.07, 6.45) is 5.12. The number of carbonyl (C=O) groups excluding carboxylic acids is 1. The molecule has 1 spiro atoms. The quantitative estimate of drug-likeness (QED) is 0.762. The van der Waals surface area contributed by atoms with Gasteiger partial charge >= 0.3 is 0 Å². The largest absolute Gasteiger partial charge is 0.353 e. The molecule has 0 aromatic heterocycles. The lowest BCUT2D eigenvalue weighted by Crippen LogP contribution is -2.45. The van der Waals surface area contributed by atoms with Crippen LogP contribution < -0.4 is 10.6 Å². The van der Waals surface area contributed by atoms with E-state index < -0.39 is 11.6 Å². The van der Waals surface area contributed by atoms with E-state index in [9.17, 15) is 13.6 Å². The van der Waals surface area contributed by atoms with Crippen LogP contribution in [0.1, 0.15) is 37.7 Å². The number of carbonyl (C=O) groups is 1. The SMILES string of the molecule is Cl.Cl.O=C(NC1CCN(Cc2ccc(F)c(F)c2)CC1)C1CC12CCNCC2. The predicted octanol–water partition coefficient (Wildman–Crippen LogP) is 3.28.